The second-order valence-electron chi connectivity index (χ2n) is 4.77. The number of piperidine rings is 1. The summed E-state index contributed by atoms with van der Waals surface area (Å²) in [7, 11) is 0. The van der Waals surface area contributed by atoms with Gasteiger partial charge in [0.05, 0.1) is 5.69 Å². The SMILES string of the molecule is Cc1nnsc1C(=O)N1CCCC[C@H]1CCC(=O)O. The molecule has 1 aliphatic heterocycles. The monoisotopic (exact) mass is 283 g/mol. The third-order valence-corrected chi connectivity index (χ3v) is 4.24. The number of carbonyl (C=O) groups is 2. The number of amides is 1. The summed E-state index contributed by atoms with van der Waals surface area (Å²) in [5.74, 6) is -0.865. The van der Waals surface area contributed by atoms with Crippen LogP contribution in [0.1, 0.15) is 47.5 Å². The van der Waals surface area contributed by atoms with E-state index in [0.717, 1.165) is 30.8 Å². The molecule has 6 nitrogen and oxygen atoms in total. The molecule has 19 heavy (non-hydrogen) atoms. The van der Waals surface area contributed by atoms with Crippen LogP contribution in [0.3, 0.4) is 0 Å². The molecule has 0 radical (unpaired) electrons. The average molecular weight is 283 g/mol. The Kier molecular flexibility index (Phi) is 4.47. The normalized spacial score (nSPS) is 19.4. The van der Waals surface area contributed by atoms with E-state index in [9.17, 15) is 9.59 Å². The number of hydrogen-bond acceptors (Lipinski definition) is 5. The number of nitrogens with zero attached hydrogens (tertiary/aromatic N) is 3. The van der Waals surface area contributed by atoms with Crippen molar-refractivity contribution in [1.29, 1.82) is 0 Å². The minimum Gasteiger partial charge on any atom is -0.481 e. The van der Waals surface area contributed by atoms with Crippen LogP contribution in [0, 0.1) is 6.92 Å². The second-order valence-corrected chi connectivity index (χ2v) is 5.52. The average Bonchev–Trinajstić information content (AvgIpc) is 2.82. The molecule has 0 saturated carbocycles. The van der Waals surface area contributed by atoms with E-state index in [4.69, 9.17) is 5.11 Å². The van der Waals surface area contributed by atoms with E-state index in [1.807, 2.05) is 0 Å². The van der Waals surface area contributed by atoms with Crippen molar-refractivity contribution in [3.05, 3.63) is 10.6 Å². The lowest BCUT2D eigenvalue weighted by Gasteiger charge is -2.35. The first kappa shape index (κ1) is 13.9. The molecule has 7 heteroatoms. The lowest BCUT2D eigenvalue weighted by atomic mass is 9.97. The van der Waals surface area contributed by atoms with Crippen LogP contribution >= 0.6 is 11.5 Å². The Morgan fingerprint density at radius 3 is 2.89 bits per heavy atom. The van der Waals surface area contributed by atoms with Crippen LogP contribution in [0.2, 0.25) is 0 Å². The maximum Gasteiger partial charge on any atom is 0.303 e. The van der Waals surface area contributed by atoms with E-state index in [1.165, 1.54) is 0 Å². The molecule has 2 rings (SSSR count). The van der Waals surface area contributed by atoms with Crippen molar-refractivity contribution in [1.82, 2.24) is 14.5 Å². The van der Waals surface area contributed by atoms with Gasteiger partial charge in [-0.25, -0.2) is 0 Å². The summed E-state index contributed by atoms with van der Waals surface area (Å²) in [5.41, 5.74) is 0.651. The molecule has 0 aliphatic carbocycles. The summed E-state index contributed by atoms with van der Waals surface area (Å²) < 4.78 is 3.79. The predicted octanol–water partition coefficient (Wildman–Crippen LogP) is 1.71. The Hall–Kier alpha value is -1.50. The topological polar surface area (TPSA) is 83.4 Å². The summed E-state index contributed by atoms with van der Waals surface area (Å²) in [6.07, 6.45) is 3.53. The number of likely N-dealkylation sites (tertiary alicyclic amines) is 1. The molecule has 0 bridgehead atoms. The van der Waals surface area contributed by atoms with Crippen LogP contribution in [-0.4, -0.2) is 44.1 Å². The van der Waals surface area contributed by atoms with Crippen molar-refractivity contribution in [3.63, 3.8) is 0 Å². The number of hydrogen-bond donors (Lipinski definition) is 1. The largest absolute Gasteiger partial charge is 0.481 e. The van der Waals surface area contributed by atoms with Gasteiger partial charge < -0.3 is 10.0 Å². The summed E-state index contributed by atoms with van der Waals surface area (Å²) >= 11 is 1.11. The van der Waals surface area contributed by atoms with Crippen LogP contribution < -0.4 is 0 Å². The van der Waals surface area contributed by atoms with Gasteiger partial charge in [-0.3, -0.25) is 9.59 Å². The first-order valence-electron chi connectivity index (χ1n) is 6.41. The smallest absolute Gasteiger partial charge is 0.303 e. The van der Waals surface area contributed by atoms with E-state index in [1.54, 1.807) is 11.8 Å². The standard InChI is InChI=1S/C12H17N3O3S/c1-8-11(19-14-13-8)12(18)15-7-3-2-4-9(15)5-6-10(16)17/h9H,2-7H2,1H3,(H,16,17)/t9-/m0/s1. The lowest BCUT2D eigenvalue weighted by molar-refractivity contribution is -0.137. The second kappa shape index (κ2) is 6.10. The summed E-state index contributed by atoms with van der Waals surface area (Å²) in [4.78, 5) is 25.5. The molecule has 1 N–H and O–H groups in total. The maximum atomic E-state index is 12.4. The van der Waals surface area contributed by atoms with E-state index in [-0.39, 0.29) is 18.4 Å². The Morgan fingerprint density at radius 1 is 1.47 bits per heavy atom. The van der Waals surface area contributed by atoms with Crippen LogP contribution in [0.4, 0.5) is 0 Å². The number of carboxylic acids is 1. The Labute approximate surface area is 115 Å². The number of rotatable bonds is 4. The van der Waals surface area contributed by atoms with Gasteiger partial charge in [0.15, 0.2) is 0 Å². The van der Waals surface area contributed by atoms with Gasteiger partial charge in [-0.1, -0.05) is 4.49 Å². The summed E-state index contributed by atoms with van der Waals surface area (Å²) in [6.45, 7) is 2.47. The highest BCUT2D eigenvalue weighted by Gasteiger charge is 2.29. The molecule has 0 unspecified atom stereocenters. The van der Waals surface area contributed by atoms with Gasteiger partial charge in [-0.15, -0.1) is 5.10 Å². The van der Waals surface area contributed by atoms with Gasteiger partial charge in [0.1, 0.15) is 4.88 Å². The van der Waals surface area contributed by atoms with Crippen LogP contribution in [0.25, 0.3) is 0 Å². The quantitative estimate of drug-likeness (QED) is 0.909. The van der Waals surface area contributed by atoms with Crippen LogP contribution in [0.5, 0.6) is 0 Å². The predicted molar refractivity (Wildman–Crippen MR) is 70.2 cm³/mol. The van der Waals surface area contributed by atoms with Crippen molar-refractivity contribution in [3.8, 4) is 0 Å². The number of aromatic nitrogens is 2. The maximum absolute atomic E-state index is 12.4. The molecule has 1 saturated heterocycles. The molecule has 1 aliphatic rings. The fourth-order valence-electron chi connectivity index (χ4n) is 2.42. The third kappa shape index (κ3) is 3.28. The van der Waals surface area contributed by atoms with Gasteiger partial charge in [-0.05, 0) is 44.1 Å². The molecule has 1 aromatic heterocycles. The van der Waals surface area contributed by atoms with Crippen LogP contribution in [0.15, 0.2) is 0 Å². The summed E-state index contributed by atoms with van der Waals surface area (Å²) in [6, 6.07) is 0.0267. The van der Waals surface area contributed by atoms with E-state index in [0.29, 0.717) is 23.5 Å². The number of carboxylic acid groups (broad SMARTS) is 1. The molecule has 1 atom stereocenters. The minimum atomic E-state index is -0.811. The highest BCUT2D eigenvalue weighted by molar-refractivity contribution is 7.07. The van der Waals surface area contributed by atoms with Crippen molar-refractivity contribution in [2.24, 2.45) is 0 Å². The molecule has 0 aromatic carbocycles. The molecule has 104 valence electrons. The number of carbonyl (C=O) groups excluding carboxylic acids is 1. The highest BCUT2D eigenvalue weighted by Crippen LogP contribution is 2.24. The zero-order valence-corrected chi connectivity index (χ0v) is 11.7. The highest BCUT2D eigenvalue weighted by atomic mass is 32.1. The van der Waals surface area contributed by atoms with Crippen molar-refractivity contribution >= 4 is 23.4 Å². The first-order valence-corrected chi connectivity index (χ1v) is 7.18. The molecule has 2 heterocycles. The van der Waals surface area contributed by atoms with Gasteiger partial charge in [-0.2, -0.15) is 0 Å². The molecule has 1 fully saturated rings. The fourth-order valence-corrected chi connectivity index (χ4v) is 3.03. The van der Waals surface area contributed by atoms with Crippen molar-refractivity contribution in [2.75, 3.05) is 6.54 Å². The first-order chi connectivity index (χ1) is 9.09. The molecular weight excluding hydrogens is 266 g/mol. The Morgan fingerprint density at radius 2 is 2.26 bits per heavy atom. The van der Waals surface area contributed by atoms with Crippen molar-refractivity contribution < 1.29 is 14.7 Å². The zero-order chi connectivity index (χ0) is 13.8. The number of aryl methyl sites for hydroxylation is 1. The van der Waals surface area contributed by atoms with E-state index >= 15 is 0 Å². The van der Waals surface area contributed by atoms with Crippen LogP contribution in [-0.2, 0) is 4.79 Å². The van der Waals surface area contributed by atoms with E-state index < -0.39 is 5.97 Å². The van der Waals surface area contributed by atoms with Gasteiger partial charge in [0.2, 0.25) is 0 Å². The minimum absolute atomic E-state index is 0.0267. The van der Waals surface area contributed by atoms with Gasteiger partial charge >= 0.3 is 5.97 Å². The Bertz CT molecular complexity index is 475. The van der Waals surface area contributed by atoms with Gasteiger partial charge in [0, 0.05) is 19.0 Å². The molecular formula is C12H17N3O3S. The molecule has 1 amide bonds. The lowest BCUT2D eigenvalue weighted by Crippen LogP contribution is -2.43. The van der Waals surface area contributed by atoms with Crippen molar-refractivity contribution in [2.45, 2.75) is 45.1 Å². The van der Waals surface area contributed by atoms with E-state index in [2.05, 4.69) is 9.59 Å². The number of aliphatic carboxylic acids is 1. The molecule has 0 spiro atoms. The summed E-state index contributed by atoms with van der Waals surface area (Å²) in [5, 5.41) is 12.6. The molecule has 1 aromatic rings. The zero-order valence-electron chi connectivity index (χ0n) is 10.8. The third-order valence-electron chi connectivity index (χ3n) is 3.43. The Balaban J connectivity index is 2.08. The van der Waals surface area contributed by atoms with Gasteiger partial charge in [0.25, 0.3) is 5.91 Å². The fraction of sp³-hybridized carbons (Fsp3) is 0.667.